The third-order valence-electron chi connectivity index (χ3n) is 4.25. The fourth-order valence-electron chi connectivity index (χ4n) is 2.55. The molecule has 2 rings (SSSR count). The third kappa shape index (κ3) is 9.09. The van der Waals surface area contributed by atoms with Crippen LogP contribution in [0.25, 0.3) is 0 Å². The van der Waals surface area contributed by atoms with Gasteiger partial charge in [-0.3, -0.25) is 9.79 Å². The minimum absolute atomic E-state index is 0. The molecule has 0 radical (unpaired) electrons. The first kappa shape index (κ1) is 24.5. The summed E-state index contributed by atoms with van der Waals surface area (Å²) >= 11 is 0. The zero-order valence-corrected chi connectivity index (χ0v) is 19.4. The van der Waals surface area contributed by atoms with Crippen LogP contribution >= 0.6 is 24.0 Å². The molecule has 28 heavy (non-hydrogen) atoms. The number of hydrogen-bond acceptors (Lipinski definition) is 4. The molecular weight excluding hydrogens is 471 g/mol. The maximum atomic E-state index is 11.6. The lowest BCUT2D eigenvalue weighted by Gasteiger charge is -2.15. The van der Waals surface area contributed by atoms with Gasteiger partial charge in [0.05, 0.1) is 6.61 Å². The number of nitrogens with one attached hydrogen (secondary N) is 3. The predicted octanol–water partition coefficient (Wildman–Crippen LogP) is 2.22. The fourth-order valence-corrected chi connectivity index (χ4v) is 2.55. The van der Waals surface area contributed by atoms with Crippen LogP contribution in [0, 0.1) is 12.8 Å². The lowest BCUT2D eigenvalue weighted by Crippen LogP contribution is -2.41. The highest BCUT2D eigenvalue weighted by Crippen LogP contribution is 2.28. The molecule has 1 aromatic rings. The largest absolute Gasteiger partial charge is 0.491 e. The number of benzene rings is 1. The molecule has 3 N–H and O–H groups in total. The first-order valence-electron chi connectivity index (χ1n) is 9.66. The summed E-state index contributed by atoms with van der Waals surface area (Å²) in [7, 11) is 1.73. The van der Waals surface area contributed by atoms with Crippen LogP contribution in [-0.4, -0.2) is 51.8 Å². The molecule has 158 valence electrons. The van der Waals surface area contributed by atoms with E-state index in [2.05, 4.69) is 33.1 Å². The number of aryl methyl sites for hydroxylation is 1. The summed E-state index contributed by atoms with van der Waals surface area (Å²) < 4.78 is 11.2. The van der Waals surface area contributed by atoms with Gasteiger partial charge in [-0.05, 0) is 38.3 Å². The van der Waals surface area contributed by atoms with Crippen molar-refractivity contribution >= 4 is 35.8 Å². The maximum absolute atomic E-state index is 11.6. The predicted molar refractivity (Wildman–Crippen MR) is 123 cm³/mol. The molecule has 0 aromatic heterocycles. The third-order valence-corrected chi connectivity index (χ3v) is 4.25. The molecule has 8 heteroatoms. The Morgan fingerprint density at radius 1 is 1.18 bits per heavy atom. The van der Waals surface area contributed by atoms with E-state index in [1.165, 1.54) is 0 Å². The Bertz CT molecular complexity index is 636. The maximum Gasteiger partial charge on any atom is 0.223 e. The van der Waals surface area contributed by atoms with Crippen LogP contribution in [0.5, 0.6) is 5.75 Å². The lowest BCUT2D eigenvalue weighted by atomic mass is 10.1. The molecule has 1 fully saturated rings. The molecule has 1 amide bonds. The van der Waals surface area contributed by atoms with Gasteiger partial charge in [-0.15, -0.1) is 24.0 Å². The number of carbonyl (C=O) groups excluding carboxylic acids is 1. The van der Waals surface area contributed by atoms with Gasteiger partial charge in [0.2, 0.25) is 5.91 Å². The summed E-state index contributed by atoms with van der Waals surface area (Å²) in [6.45, 7) is 7.62. The highest BCUT2D eigenvalue weighted by atomic mass is 127. The zero-order chi connectivity index (χ0) is 19.5. The summed E-state index contributed by atoms with van der Waals surface area (Å²) in [4.78, 5) is 15.8. The van der Waals surface area contributed by atoms with E-state index in [0.717, 1.165) is 29.7 Å². The van der Waals surface area contributed by atoms with Crippen LogP contribution in [0.2, 0.25) is 0 Å². The summed E-state index contributed by atoms with van der Waals surface area (Å²) in [6, 6.07) is 6.16. The number of rotatable bonds is 11. The number of carbonyl (C=O) groups is 1. The second kappa shape index (κ2) is 13.6. The Balaban J connectivity index is 0.00000392. The van der Waals surface area contributed by atoms with Gasteiger partial charge in [-0.25, -0.2) is 0 Å². The molecule has 0 bridgehead atoms. The molecular formula is C20H33IN4O3. The standard InChI is InChI=1S/C20H32N4O3.HI/c1-4-26-11-12-27-18-13-15(2)5-6-17(18)14-24-20(21-3)23-10-9-22-19(25)16-7-8-16;/h5-6,13,16H,4,7-12,14H2,1-3H3,(H,22,25)(H2,21,23,24);1H. The molecule has 0 aliphatic heterocycles. The molecule has 1 saturated carbocycles. The second-order valence-corrected chi connectivity index (χ2v) is 6.57. The van der Waals surface area contributed by atoms with Crippen molar-refractivity contribution in [2.24, 2.45) is 10.9 Å². The van der Waals surface area contributed by atoms with Gasteiger partial charge in [0.25, 0.3) is 0 Å². The quantitative estimate of drug-likeness (QED) is 0.186. The topological polar surface area (TPSA) is 84.0 Å². The monoisotopic (exact) mass is 504 g/mol. The molecule has 7 nitrogen and oxygen atoms in total. The number of hydrogen-bond donors (Lipinski definition) is 3. The van der Waals surface area contributed by atoms with E-state index in [0.29, 0.717) is 45.4 Å². The molecule has 0 spiro atoms. The van der Waals surface area contributed by atoms with E-state index in [1.54, 1.807) is 7.05 Å². The number of ether oxygens (including phenoxy) is 2. The summed E-state index contributed by atoms with van der Waals surface area (Å²) in [5.74, 6) is 1.95. The van der Waals surface area contributed by atoms with Gasteiger partial charge < -0.3 is 25.4 Å². The van der Waals surface area contributed by atoms with Crippen LogP contribution in [0.1, 0.15) is 30.9 Å². The molecule has 0 heterocycles. The van der Waals surface area contributed by atoms with Crippen molar-refractivity contribution < 1.29 is 14.3 Å². The molecule has 0 saturated heterocycles. The van der Waals surface area contributed by atoms with Crippen LogP contribution in [-0.2, 0) is 16.1 Å². The minimum atomic E-state index is 0. The van der Waals surface area contributed by atoms with Crippen molar-refractivity contribution in [1.29, 1.82) is 0 Å². The summed E-state index contributed by atoms with van der Waals surface area (Å²) in [6.07, 6.45) is 2.04. The van der Waals surface area contributed by atoms with E-state index in [1.807, 2.05) is 19.9 Å². The van der Waals surface area contributed by atoms with Gasteiger partial charge in [-0.1, -0.05) is 12.1 Å². The number of guanidine groups is 1. The van der Waals surface area contributed by atoms with Crippen LogP contribution in [0.15, 0.2) is 23.2 Å². The Morgan fingerprint density at radius 2 is 1.93 bits per heavy atom. The van der Waals surface area contributed by atoms with Gasteiger partial charge in [0.1, 0.15) is 12.4 Å². The fraction of sp³-hybridized carbons (Fsp3) is 0.600. The molecule has 0 unspecified atom stereocenters. The normalized spacial score (nSPS) is 13.5. The van der Waals surface area contributed by atoms with Gasteiger partial charge in [-0.2, -0.15) is 0 Å². The Morgan fingerprint density at radius 3 is 2.61 bits per heavy atom. The first-order chi connectivity index (χ1) is 13.1. The summed E-state index contributed by atoms with van der Waals surface area (Å²) in [5.41, 5.74) is 2.21. The number of nitrogens with zero attached hydrogens (tertiary/aromatic N) is 1. The van der Waals surface area contributed by atoms with Gasteiger partial charge in [0, 0.05) is 44.8 Å². The Labute approximate surface area is 185 Å². The molecule has 1 aliphatic carbocycles. The van der Waals surface area contributed by atoms with Crippen molar-refractivity contribution in [2.75, 3.05) is 40.0 Å². The first-order valence-corrected chi connectivity index (χ1v) is 9.66. The van der Waals surface area contributed by atoms with E-state index in [4.69, 9.17) is 9.47 Å². The minimum Gasteiger partial charge on any atom is -0.491 e. The average Bonchev–Trinajstić information content (AvgIpc) is 3.51. The van der Waals surface area contributed by atoms with Gasteiger partial charge >= 0.3 is 0 Å². The van der Waals surface area contributed by atoms with Crippen molar-refractivity contribution in [2.45, 2.75) is 33.2 Å². The lowest BCUT2D eigenvalue weighted by molar-refractivity contribution is -0.122. The zero-order valence-electron chi connectivity index (χ0n) is 17.0. The second-order valence-electron chi connectivity index (χ2n) is 6.57. The molecule has 1 aromatic carbocycles. The highest BCUT2D eigenvalue weighted by Gasteiger charge is 2.28. The number of aliphatic imine (C=N–C) groups is 1. The van der Waals surface area contributed by atoms with Crippen molar-refractivity contribution in [3.63, 3.8) is 0 Å². The molecule has 0 atom stereocenters. The Kier molecular flexibility index (Phi) is 11.9. The van der Waals surface area contributed by atoms with E-state index in [-0.39, 0.29) is 35.8 Å². The van der Waals surface area contributed by atoms with Crippen molar-refractivity contribution in [3.8, 4) is 5.75 Å². The van der Waals surface area contributed by atoms with Crippen LogP contribution < -0.4 is 20.7 Å². The number of halogens is 1. The van der Waals surface area contributed by atoms with Crippen molar-refractivity contribution in [1.82, 2.24) is 16.0 Å². The van der Waals surface area contributed by atoms with Crippen LogP contribution in [0.4, 0.5) is 0 Å². The summed E-state index contributed by atoms with van der Waals surface area (Å²) in [5, 5.41) is 9.42. The molecule has 1 aliphatic rings. The SMILES string of the molecule is CCOCCOc1cc(C)ccc1CNC(=NC)NCCNC(=O)C1CC1.I. The average molecular weight is 504 g/mol. The van der Waals surface area contributed by atoms with E-state index in [9.17, 15) is 4.79 Å². The van der Waals surface area contributed by atoms with Gasteiger partial charge in [0.15, 0.2) is 5.96 Å². The smallest absolute Gasteiger partial charge is 0.223 e. The van der Waals surface area contributed by atoms with E-state index >= 15 is 0 Å². The van der Waals surface area contributed by atoms with Crippen LogP contribution in [0.3, 0.4) is 0 Å². The highest BCUT2D eigenvalue weighted by molar-refractivity contribution is 14.0. The van der Waals surface area contributed by atoms with Crippen molar-refractivity contribution in [3.05, 3.63) is 29.3 Å². The number of amides is 1. The van der Waals surface area contributed by atoms with E-state index < -0.39 is 0 Å². The Hall–Kier alpha value is -1.55.